The summed E-state index contributed by atoms with van der Waals surface area (Å²) in [6.45, 7) is 7.00. The zero-order valence-corrected chi connectivity index (χ0v) is 19.0. The summed E-state index contributed by atoms with van der Waals surface area (Å²) in [4.78, 5) is 39.5. The number of para-hydroxylation sites is 1. The van der Waals surface area contributed by atoms with Gasteiger partial charge < -0.3 is 15.5 Å². The zero-order chi connectivity index (χ0) is 21.8. The van der Waals surface area contributed by atoms with Crippen LogP contribution in [0.15, 0.2) is 46.9 Å². The minimum absolute atomic E-state index is 0.139. The first-order valence-electron chi connectivity index (χ1n) is 10.0. The summed E-state index contributed by atoms with van der Waals surface area (Å²) < 4.78 is 0.821. The van der Waals surface area contributed by atoms with Gasteiger partial charge >= 0.3 is 0 Å². The average Bonchev–Trinajstić information content (AvgIpc) is 3.09. The molecule has 1 saturated heterocycles. The van der Waals surface area contributed by atoms with Gasteiger partial charge in [-0.2, -0.15) is 0 Å². The van der Waals surface area contributed by atoms with Gasteiger partial charge in [-0.1, -0.05) is 26.0 Å². The van der Waals surface area contributed by atoms with E-state index in [0.29, 0.717) is 36.7 Å². The lowest BCUT2D eigenvalue weighted by Crippen LogP contribution is -2.33. The Labute approximate surface area is 185 Å². The average molecular weight is 472 g/mol. The Kier molecular flexibility index (Phi) is 6.92. The molecule has 7 heteroatoms. The number of carbonyl (C=O) groups excluding carboxylic acids is 3. The molecule has 2 aromatic rings. The maximum atomic E-state index is 12.8. The van der Waals surface area contributed by atoms with Crippen LogP contribution >= 0.6 is 15.9 Å². The molecule has 0 aromatic heterocycles. The maximum absolute atomic E-state index is 12.8. The number of amides is 3. The van der Waals surface area contributed by atoms with Crippen molar-refractivity contribution < 1.29 is 14.4 Å². The molecule has 2 N–H and O–H groups in total. The highest BCUT2D eigenvalue weighted by Gasteiger charge is 2.38. The summed E-state index contributed by atoms with van der Waals surface area (Å²) in [6.07, 6.45) is 0.459. The van der Waals surface area contributed by atoms with Crippen molar-refractivity contribution >= 4 is 45.0 Å². The van der Waals surface area contributed by atoms with Gasteiger partial charge in [0.1, 0.15) is 5.92 Å². The number of anilines is 2. The van der Waals surface area contributed by atoms with E-state index in [4.69, 9.17) is 0 Å². The molecule has 0 aliphatic carbocycles. The van der Waals surface area contributed by atoms with Gasteiger partial charge in [0.15, 0.2) is 0 Å². The fraction of sp³-hybridized carbons (Fsp3) is 0.348. The van der Waals surface area contributed by atoms with Crippen molar-refractivity contribution in [3.8, 4) is 0 Å². The maximum Gasteiger partial charge on any atom is 0.251 e. The zero-order valence-electron chi connectivity index (χ0n) is 17.4. The van der Waals surface area contributed by atoms with Crippen LogP contribution in [-0.2, 0) is 9.59 Å². The van der Waals surface area contributed by atoms with E-state index in [1.165, 1.54) is 0 Å². The molecule has 1 heterocycles. The van der Waals surface area contributed by atoms with Crippen molar-refractivity contribution in [2.24, 2.45) is 11.8 Å². The molecular formula is C23H26BrN3O3. The molecule has 0 bridgehead atoms. The van der Waals surface area contributed by atoms with E-state index in [1.807, 2.05) is 45.0 Å². The molecule has 158 valence electrons. The topological polar surface area (TPSA) is 78.5 Å². The minimum atomic E-state index is -0.731. The van der Waals surface area contributed by atoms with E-state index >= 15 is 0 Å². The summed E-state index contributed by atoms with van der Waals surface area (Å²) in [6, 6.07) is 12.6. The van der Waals surface area contributed by atoms with Gasteiger partial charge in [0.2, 0.25) is 11.8 Å². The van der Waals surface area contributed by atoms with Crippen LogP contribution in [0.2, 0.25) is 0 Å². The lowest BCUT2D eigenvalue weighted by atomic mass is 10.1. The van der Waals surface area contributed by atoms with Gasteiger partial charge in [0.05, 0.1) is 5.69 Å². The smallest absolute Gasteiger partial charge is 0.251 e. The molecule has 1 fully saturated rings. The summed E-state index contributed by atoms with van der Waals surface area (Å²) >= 11 is 3.46. The predicted octanol–water partition coefficient (Wildman–Crippen LogP) is 4.13. The molecular weight excluding hydrogens is 446 g/mol. The number of halogens is 1. The Balaban J connectivity index is 1.67. The minimum Gasteiger partial charge on any atom is -0.352 e. The first-order chi connectivity index (χ1) is 14.3. The second kappa shape index (κ2) is 9.43. The predicted molar refractivity (Wildman–Crippen MR) is 122 cm³/mol. The summed E-state index contributed by atoms with van der Waals surface area (Å²) in [5, 5.41) is 5.74. The Hall–Kier alpha value is -2.67. The third-order valence-electron chi connectivity index (χ3n) is 5.08. The van der Waals surface area contributed by atoms with Crippen molar-refractivity contribution in [2.45, 2.75) is 27.2 Å². The van der Waals surface area contributed by atoms with Crippen LogP contribution in [0.5, 0.6) is 0 Å². The number of benzene rings is 2. The van der Waals surface area contributed by atoms with Gasteiger partial charge in [-0.3, -0.25) is 14.4 Å². The fourth-order valence-electron chi connectivity index (χ4n) is 3.40. The van der Waals surface area contributed by atoms with E-state index < -0.39 is 5.92 Å². The van der Waals surface area contributed by atoms with Gasteiger partial charge in [0, 0.05) is 28.8 Å². The summed E-state index contributed by atoms with van der Waals surface area (Å²) in [7, 11) is 0. The number of nitrogens with one attached hydrogen (secondary N) is 2. The van der Waals surface area contributed by atoms with Crippen molar-refractivity contribution in [3.63, 3.8) is 0 Å². The Morgan fingerprint density at radius 3 is 2.60 bits per heavy atom. The molecule has 0 radical (unpaired) electrons. The monoisotopic (exact) mass is 471 g/mol. The lowest BCUT2D eigenvalue weighted by molar-refractivity contribution is -0.129. The molecule has 1 unspecified atom stereocenters. The highest BCUT2D eigenvalue weighted by molar-refractivity contribution is 9.10. The molecule has 1 atom stereocenters. The van der Waals surface area contributed by atoms with E-state index in [1.54, 1.807) is 23.1 Å². The van der Waals surface area contributed by atoms with Crippen LogP contribution in [0.1, 0.15) is 36.2 Å². The quantitative estimate of drug-likeness (QED) is 0.621. The molecule has 3 amide bonds. The number of rotatable bonds is 6. The van der Waals surface area contributed by atoms with Gasteiger partial charge in [-0.25, -0.2) is 0 Å². The van der Waals surface area contributed by atoms with E-state index in [2.05, 4.69) is 26.6 Å². The highest BCUT2D eigenvalue weighted by atomic mass is 79.9. The van der Waals surface area contributed by atoms with E-state index in [-0.39, 0.29) is 17.7 Å². The number of carbonyl (C=O) groups is 3. The first-order valence-corrected chi connectivity index (χ1v) is 10.8. The lowest BCUT2D eigenvalue weighted by Gasteiger charge is -2.18. The molecule has 1 aliphatic heterocycles. The second-order valence-electron chi connectivity index (χ2n) is 7.91. The standard InChI is InChI=1S/C23H26BrN3O3/c1-14(2)13-25-21(28)16-8-9-19(15(3)12-16)26-22(29)17-10-11-27(23(17)30)20-7-5-4-6-18(20)24/h4-9,12,14,17H,10-11,13H2,1-3H3,(H,25,28)(H,26,29). The molecule has 2 aromatic carbocycles. The van der Waals surface area contributed by atoms with Gasteiger partial charge in [-0.15, -0.1) is 0 Å². The van der Waals surface area contributed by atoms with Crippen molar-refractivity contribution in [2.75, 3.05) is 23.3 Å². The second-order valence-corrected chi connectivity index (χ2v) is 8.76. The number of aryl methyl sites for hydroxylation is 1. The van der Waals surface area contributed by atoms with Crippen LogP contribution in [-0.4, -0.2) is 30.8 Å². The van der Waals surface area contributed by atoms with Crippen molar-refractivity contribution in [1.82, 2.24) is 5.32 Å². The third-order valence-corrected chi connectivity index (χ3v) is 5.75. The van der Waals surface area contributed by atoms with Gasteiger partial charge in [-0.05, 0) is 71.1 Å². The van der Waals surface area contributed by atoms with Gasteiger partial charge in [0.25, 0.3) is 5.91 Å². The van der Waals surface area contributed by atoms with Crippen LogP contribution in [0.4, 0.5) is 11.4 Å². The summed E-state index contributed by atoms with van der Waals surface area (Å²) in [5.41, 5.74) is 2.69. The highest BCUT2D eigenvalue weighted by Crippen LogP contribution is 2.32. The number of hydrogen-bond acceptors (Lipinski definition) is 3. The van der Waals surface area contributed by atoms with Crippen LogP contribution < -0.4 is 15.5 Å². The molecule has 6 nitrogen and oxygen atoms in total. The molecule has 3 rings (SSSR count). The van der Waals surface area contributed by atoms with Crippen molar-refractivity contribution in [1.29, 1.82) is 0 Å². The normalized spacial score (nSPS) is 16.1. The molecule has 1 aliphatic rings. The Morgan fingerprint density at radius 2 is 1.93 bits per heavy atom. The van der Waals surface area contributed by atoms with Crippen LogP contribution in [0.25, 0.3) is 0 Å². The molecule has 30 heavy (non-hydrogen) atoms. The number of hydrogen-bond donors (Lipinski definition) is 2. The fourth-order valence-corrected chi connectivity index (χ4v) is 3.90. The van der Waals surface area contributed by atoms with Crippen LogP contribution in [0.3, 0.4) is 0 Å². The molecule has 0 spiro atoms. The third kappa shape index (κ3) is 4.90. The Morgan fingerprint density at radius 1 is 1.20 bits per heavy atom. The Bertz CT molecular complexity index is 974. The molecule has 0 saturated carbocycles. The summed E-state index contributed by atoms with van der Waals surface area (Å²) in [5.74, 6) is -1.03. The van der Waals surface area contributed by atoms with Crippen LogP contribution in [0, 0.1) is 18.8 Å². The van der Waals surface area contributed by atoms with E-state index in [9.17, 15) is 14.4 Å². The van der Waals surface area contributed by atoms with Crippen molar-refractivity contribution in [3.05, 3.63) is 58.1 Å². The largest absolute Gasteiger partial charge is 0.352 e. The number of nitrogens with zero attached hydrogens (tertiary/aromatic N) is 1. The van der Waals surface area contributed by atoms with E-state index in [0.717, 1.165) is 15.7 Å². The first kappa shape index (κ1) is 22.0. The SMILES string of the molecule is Cc1cc(C(=O)NCC(C)C)ccc1NC(=O)C1CCN(c2ccccc2Br)C1=O.